The fourth-order valence-corrected chi connectivity index (χ4v) is 2.99. The maximum Gasteiger partial charge on any atom is 0.238 e. The van der Waals surface area contributed by atoms with Crippen molar-refractivity contribution in [3.8, 4) is 6.07 Å². The van der Waals surface area contributed by atoms with Gasteiger partial charge in [-0.1, -0.05) is 49.4 Å². The van der Waals surface area contributed by atoms with Gasteiger partial charge in [0.05, 0.1) is 24.1 Å². The van der Waals surface area contributed by atoms with Gasteiger partial charge in [0.15, 0.2) is 0 Å². The van der Waals surface area contributed by atoms with E-state index in [-0.39, 0.29) is 5.91 Å². The lowest BCUT2D eigenvalue weighted by Gasteiger charge is -2.20. The fraction of sp³-hybridized carbons (Fsp3) is 0.263. The van der Waals surface area contributed by atoms with Crippen LogP contribution in [0.5, 0.6) is 0 Å². The molecule has 0 heterocycles. The minimum Gasteiger partial charge on any atom is -0.324 e. The molecule has 24 heavy (non-hydrogen) atoms. The summed E-state index contributed by atoms with van der Waals surface area (Å²) in [6.07, 6.45) is 0. The summed E-state index contributed by atoms with van der Waals surface area (Å²) in [6.45, 7) is 3.93. The second-order valence-corrected chi connectivity index (χ2v) is 6.30. The normalized spacial score (nSPS) is 10.4. The van der Waals surface area contributed by atoms with Crippen LogP contribution in [0.15, 0.2) is 59.5 Å². The minimum atomic E-state index is -0.0437. The van der Waals surface area contributed by atoms with E-state index in [1.807, 2.05) is 49.4 Å². The van der Waals surface area contributed by atoms with Crippen molar-refractivity contribution < 1.29 is 4.79 Å². The van der Waals surface area contributed by atoms with Gasteiger partial charge in [0.2, 0.25) is 5.91 Å². The molecule has 2 rings (SSSR count). The average molecular weight is 339 g/mol. The largest absolute Gasteiger partial charge is 0.324 e. The molecule has 0 bridgehead atoms. The van der Waals surface area contributed by atoms with E-state index in [1.165, 1.54) is 17.3 Å². The molecule has 1 N–H and O–H groups in total. The number of benzene rings is 2. The monoisotopic (exact) mass is 339 g/mol. The third kappa shape index (κ3) is 5.73. The summed E-state index contributed by atoms with van der Waals surface area (Å²) in [4.78, 5) is 15.4. The smallest absolute Gasteiger partial charge is 0.238 e. The predicted molar refractivity (Wildman–Crippen MR) is 98.8 cm³/mol. The maximum absolute atomic E-state index is 12.4. The van der Waals surface area contributed by atoms with Crippen LogP contribution in [0.25, 0.3) is 0 Å². The summed E-state index contributed by atoms with van der Waals surface area (Å²) in [6, 6.07) is 19.8. The first-order chi connectivity index (χ1) is 11.7. The van der Waals surface area contributed by atoms with Gasteiger partial charge in [-0.25, -0.2) is 0 Å². The molecular formula is C19H21N3OS. The van der Waals surface area contributed by atoms with E-state index in [1.54, 1.807) is 0 Å². The lowest BCUT2D eigenvalue weighted by Crippen LogP contribution is -2.32. The first kappa shape index (κ1) is 18.1. The molecule has 0 aromatic heterocycles. The summed E-state index contributed by atoms with van der Waals surface area (Å²) < 4.78 is 0. The van der Waals surface area contributed by atoms with E-state index in [4.69, 9.17) is 5.26 Å². The van der Waals surface area contributed by atoms with Crippen LogP contribution in [0.1, 0.15) is 12.5 Å². The van der Waals surface area contributed by atoms with E-state index in [0.29, 0.717) is 12.3 Å². The van der Waals surface area contributed by atoms with Crippen molar-refractivity contribution >= 4 is 23.4 Å². The van der Waals surface area contributed by atoms with Gasteiger partial charge in [-0.05, 0) is 24.2 Å². The zero-order valence-electron chi connectivity index (χ0n) is 13.7. The van der Waals surface area contributed by atoms with Gasteiger partial charge in [-0.15, -0.1) is 11.8 Å². The molecule has 0 saturated carbocycles. The number of para-hydroxylation sites is 1. The highest BCUT2D eigenvalue weighted by atomic mass is 32.2. The molecule has 2 aromatic carbocycles. The number of carbonyl (C=O) groups is 1. The van der Waals surface area contributed by atoms with E-state index < -0.39 is 0 Å². The lowest BCUT2D eigenvalue weighted by atomic mass is 10.2. The molecule has 0 unspecified atom stereocenters. The van der Waals surface area contributed by atoms with Crippen molar-refractivity contribution in [1.29, 1.82) is 5.26 Å². The van der Waals surface area contributed by atoms with Gasteiger partial charge in [-0.3, -0.25) is 9.69 Å². The Labute approximate surface area is 147 Å². The molecule has 0 fully saturated rings. The van der Waals surface area contributed by atoms with Crippen LogP contribution in [-0.4, -0.2) is 29.6 Å². The number of nitrogens with one attached hydrogen (secondary N) is 1. The Kier molecular flexibility index (Phi) is 7.34. The third-order valence-corrected chi connectivity index (χ3v) is 4.46. The number of rotatable bonds is 8. The maximum atomic E-state index is 12.4. The Bertz CT molecular complexity index is 697. The van der Waals surface area contributed by atoms with E-state index in [2.05, 4.69) is 28.4 Å². The van der Waals surface area contributed by atoms with Crippen LogP contribution in [0.4, 0.5) is 5.69 Å². The number of thioether (sulfide) groups is 1. The Morgan fingerprint density at radius 3 is 2.58 bits per heavy atom. The quantitative estimate of drug-likeness (QED) is 0.744. The molecule has 0 atom stereocenters. The van der Waals surface area contributed by atoms with Crippen LogP contribution < -0.4 is 5.32 Å². The van der Waals surface area contributed by atoms with Gasteiger partial charge in [0, 0.05) is 11.4 Å². The first-order valence-electron chi connectivity index (χ1n) is 7.88. The number of carbonyl (C=O) groups excluding carboxylic acids is 1. The fourth-order valence-electron chi connectivity index (χ4n) is 2.32. The predicted octanol–water partition coefficient (Wildman–Crippen LogP) is 3.76. The third-order valence-electron chi connectivity index (χ3n) is 3.52. The number of hydrogen-bond acceptors (Lipinski definition) is 4. The molecule has 124 valence electrons. The topological polar surface area (TPSA) is 56.1 Å². The van der Waals surface area contributed by atoms with E-state index >= 15 is 0 Å². The Morgan fingerprint density at radius 1 is 1.17 bits per heavy atom. The molecule has 0 saturated heterocycles. The Hall–Kier alpha value is -2.29. The molecular weight excluding hydrogens is 318 g/mol. The van der Waals surface area contributed by atoms with Crippen molar-refractivity contribution in [2.45, 2.75) is 18.4 Å². The summed E-state index contributed by atoms with van der Waals surface area (Å²) >= 11 is 1.43. The van der Waals surface area contributed by atoms with Crippen molar-refractivity contribution in [3.63, 3.8) is 0 Å². The lowest BCUT2D eigenvalue weighted by molar-refractivity contribution is -0.117. The minimum absolute atomic E-state index is 0.0437. The average Bonchev–Trinajstić information content (AvgIpc) is 2.61. The number of likely N-dealkylation sites (N-methyl/N-ethyl adjacent to an activating group) is 1. The highest BCUT2D eigenvalue weighted by Gasteiger charge is 2.11. The zero-order valence-corrected chi connectivity index (χ0v) is 14.6. The summed E-state index contributed by atoms with van der Waals surface area (Å²) in [7, 11) is 0. The molecule has 0 aliphatic rings. The van der Waals surface area contributed by atoms with Crippen LogP contribution in [0, 0.1) is 11.3 Å². The van der Waals surface area contributed by atoms with Crippen LogP contribution in [0.3, 0.4) is 0 Å². The van der Waals surface area contributed by atoms with Crippen LogP contribution in [0.2, 0.25) is 0 Å². The number of hydrogen-bond donors (Lipinski definition) is 1. The van der Waals surface area contributed by atoms with Crippen LogP contribution in [-0.2, 0) is 11.3 Å². The van der Waals surface area contributed by atoms with E-state index in [9.17, 15) is 4.79 Å². The van der Waals surface area contributed by atoms with Gasteiger partial charge < -0.3 is 5.32 Å². The first-order valence-corrected chi connectivity index (χ1v) is 8.86. The Morgan fingerprint density at radius 2 is 1.88 bits per heavy atom. The number of nitrogens with zero attached hydrogens (tertiary/aromatic N) is 2. The Balaban J connectivity index is 1.95. The molecule has 1 amide bonds. The summed E-state index contributed by atoms with van der Waals surface area (Å²) in [5.41, 5.74) is 1.95. The second kappa shape index (κ2) is 9.76. The number of amides is 1. The summed E-state index contributed by atoms with van der Waals surface area (Å²) in [5, 5.41) is 11.7. The molecule has 0 radical (unpaired) electrons. The number of anilines is 1. The highest BCUT2D eigenvalue weighted by molar-refractivity contribution is 7.99. The SMILES string of the molecule is CCN(CC(=O)Nc1ccccc1SCC#N)Cc1ccccc1. The molecule has 0 aliphatic carbocycles. The molecule has 4 nitrogen and oxygen atoms in total. The standard InChI is InChI=1S/C19H21N3OS/c1-2-22(14-16-8-4-3-5-9-16)15-19(23)21-17-10-6-7-11-18(17)24-13-12-20/h3-11H,2,13-15H2,1H3,(H,21,23). The highest BCUT2D eigenvalue weighted by Crippen LogP contribution is 2.26. The second-order valence-electron chi connectivity index (χ2n) is 5.28. The van der Waals surface area contributed by atoms with Crippen molar-refractivity contribution in [3.05, 3.63) is 60.2 Å². The summed E-state index contributed by atoms with van der Waals surface area (Å²) in [5.74, 6) is 0.319. The van der Waals surface area contributed by atoms with Gasteiger partial charge in [0.25, 0.3) is 0 Å². The van der Waals surface area contributed by atoms with Crippen molar-refractivity contribution in [1.82, 2.24) is 4.90 Å². The van der Waals surface area contributed by atoms with E-state index in [0.717, 1.165) is 23.7 Å². The van der Waals surface area contributed by atoms with Gasteiger partial charge in [0.1, 0.15) is 0 Å². The van der Waals surface area contributed by atoms with Crippen molar-refractivity contribution in [2.24, 2.45) is 0 Å². The zero-order chi connectivity index (χ0) is 17.2. The van der Waals surface area contributed by atoms with Crippen LogP contribution >= 0.6 is 11.8 Å². The van der Waals surface area contributed by atoms with Gasteiger partial charge in [-0.2, -0.15) is 5.26 Å². The molecule has 0 spiro atoms. The van der Waals surface area contributed by atoms with Gasteiger partial charge >= 0.3 is 0 Å². The van der Waals surface area contributed by atoms with Crippen molar-refractivity contribution in [2.75, 3.05) is 24.2 Å². The molecule has 5 heteroatoms. The molecule has 2 aromatic rings. The number of nitriles is 1. The molecule has 0 aliphatic heterocycles.